The lowest BCUT2D eigenvalue weighted by atomic mass is 9.89. The van der Waals surface area contributed by atoms with Crippen LogP contribution in [-0.2, 0) is 18.9 Å². The van der Waals surface area contributed by atoms with E-state index >= 15 is 0 Å². The number of hydrogen-bond acceptors (Lipinski definition) is 8. The summed E-state index contributed by atoms with van der Waals surface area (Å²) in [6.45, 7) is 6.30. The molecule has 19 heavy (non-hydrogen) atoms. The van der Waals surface area contributed by atoms with Gasteiger partial charge in [0.15, 0.2) is 5.82 Å². The Morgan fingerprint density at radius 3 is 2.63 bits per heavy atom. The molecular formula is C10H18N8S. The van der Waals surface area contributed by atoms with Gasteiger partial charge >= 0.3 is 0 Å². The van der Waals surface area contributed by atoms with Gasteiger partial charge in [-0.1, -0.05) is 25.3 Å². The minimum absolute atomic E-state index is 0.0762. The molecule has 2 aromatic heterocycles. The number of nitrogens with two attached hydrogens (primary N) is 1. The SMILES string of the molecule is Cn1nnc(CC(NN)c2snnc2C(C)(C)C)n1. The maximum atomic E-state index is 5.65. The zero-order valence-corrected chi connectivity index (χ0v) is 12.3. The number of rotatable bonds is 4. The molecule has 9 heteroatoms. The number of aromatic nitrogens is 6. The monoisotopic (exact) mass is 282 g/mol. The molecule has 0 aromatic carbocycles. The van der Waals surface area contributed by atoms with Gasteiger partial charge < -0.3 is 0 Å². The van der Waals surface area contributed by atoms with Crippen LogP contribution >= 0.6 is 11.5 Å². The summed E-state index contributed by atoms with van der Waals surface area (Å²) in [5, 5.41) is 16.2. The number of hydrogen-bond donors (Lipinski definition) is 2. The van der Waals surface area contributed by atoms with Gasteiger partial charge in [0.1, 0.15) is 0 Å². The van der Waals surface area contributed by atoms with Crippen LogP contribution in [0.1, 0.15) is 43.2 Å². The zero-order valence-electron chi connectivity index (χ0n) is 11.5. The topological polar surface area (TPSA) is 107 Å². The zero-order chi connectivity index (χ0) is 14.0. The van der Waals surface area contributed by atoms with E-state index < -0.39 is 0 Å². The molecule has 0 saturated carbocycles. The third kappa shape index (κ3) is 3.11. The number of aryl methyl sites for hydroxylation is 1. The normalized spacial score (nSPS) is 13.7. The summed E-state index contributed by atoms with van der Waals surface area (Å²) in [6, 6.07) is -0.113. The van der Waals surface area contributed by atoms with E-state index in [-0.39, 0.29) is 11.5 Å². The lowest BCUT2D eigenvalue weighted by molar-refractivity contribution is 0.507. The molecule has 0 aliphatic carbocycles. The molecule has 0 aliphatic heterocycles. The number of hydrazine groups is 1. The van der Waals surface area contributed by atoms with Gasteiger partial charge in [-0.25, -0.2) is 0 Å². The molecule has 0 bridgehead atoms. The van der Waals surface area contributed by atoms with Gasteiger partial charge in [0.05, 0.1) is 23.7 Å². The molecular weight excluding hydrogens is 264 g/mol. The quantitative estimate of drug-likeness (QED) is 0.605. The summed E-state index contributed by atoms with van der Waals surface area (Å²) in [4.78, 5) is 2.45. The van der Waals surface area contributed by atoms with E-state index in [1.54, 1.807) is 7.05 Å². The van der Waals surface area contributed by atoms with Crippen LogP contribution in [0.15, 0.2) is 0 Å². The van der Waals surface area contributed by atoms with E-state index in [0.29, 0.717) is 12.2 Å². The smallest absolute Gasteiger partial charge is 0.176 e. The van der Waals surface area contributed by atoms with Crippen molar-refractivity contribution in [3.8, 4) is 0 Å². The molecule has 2 aromatic rings. The molecule has 1 atom stereocenters. The highest BCUT2D eigenvalue weighted by Gasteiger charge is 2.27. The molecule has 8 nitrogen and oxygen atoms in total. The molecule has 0 spiro atoms. The second kappa shape index (κ2) is 5.27. The lowest BCUT2D eigenvalue weighted by Gasteiger charge is -2.20. The Morgan fingerprint density at radius 2 is 2.11 bits per heavy atom. The van der Waals surface area contributed by atoms with Crippen LogP contribution in [0.5, 0.6) is 0 Å². The van der Waals surface area contributed by atoms with Crippen molar-refractivity contribution < 1.29 is 0 Å². The molecule has 3 N–H and O–H groups in total. The summed E-state index contributed by atoms with van der Waals surface area (Å²) >= 11 is 1.35. The summed E-state index contributed by atoms with van der Waals surface area (Å²) in [5.74, 6) is 6.29. The molecule has 0 amide bonds. The predicted octanol–water partition coefficient (Wildman–Crippen LogP) is 0.106. The fraction of sp³-hybridized carbons (Fsp3) is 0.700. The summed E-state index contributed by atoms with van der Waals surface area (Å²) in [6.07, 6.45) is 0.553. The van der Waals surface area contributed by atoms with Crippen LogP contribution in [0.25, 0.3) is 0 Å². The van der Waals surface area contributed by atoms with Crippen LogP contribution in [0.4, 0.5) is 0 Å². The molecule has 104 valence electrons. The lowest BCUT2D eigenvalue weighted by Crippen LogP contribution is -2.31. The highest BCUT2D eigenvalue weighted by Crippen LogP contribution is 2.31. The minimum atomic E-state index is -0.113. The van der Waals surface area contributed by atoms with Crippen molar-refractivity contribution in [3.05, 3.63) is 16.4 Å². The van der Waals surface area contributed by atoms with Gasteiger partial charge in [-0.3, -0.25) is 11.3 Å². The molecule has 2 heterocycles. The van der Waals surface area contributed by atoms with Crippen molar-refractivity contribution in [2.45, 2.75) is 38.6 Å². The molecule has 0 radical (unpaired) electrons. The van der Waals surface area contributed by atoms with Crippen LogP contribution in [0.2, 0.25) is 0 Å². The van der Waals surface area contributed by atoms with Gasteiger partial charge in [0.2, 0.25) is 0 Å². The molecule has 2 rings (SSSR count). The third-order valence-corrected chi connectivity index (χ3v) is 3.52. The number of tetrazole rings is 1. The van der Waals surface area contributed by atoms with Crippen LogP contribution < -0.4 is 11.3 Å². The number of nitrogens with one attached hydrogen (secondary N) is 1. The van der Waals surface area contributed by atoms with E-state index in [1.807, 2.05) is 0 Å². The standard InChI is InChI=1S/C10H18N8S/c1-10(2,3)9-8(19-17-14-9)6(12-11)5-7-13-16-18(4)15-7/h6,12H,5,11H2,1-4H3. The van der Waals surface area contributed by atoms with Gasteiger partial charge in [-0.05, 0) is 16.7 Å². The second-order valence-corrected chi connectivity index (χ2v) is 6.14. The summed E-state index contributed by atoms with van der Waals surface area (Å²) in [7, 11) is 1.73. The van der Waals surface area contributed by atoms with Crippen molar-refractivity contribution in [1.29, 1.82) is 0 Å². The van der Waals surface area contributed by atoms with Crippen molar-refractivity contribution in [1.82, 2.24) is 35.2 Å². The van der Waals surface area contributed by atoms with Gasteiger partial charge in [0, 0.05) is 11.8 Å². The Kier molecular flexibility index (Phi) is 3.88. The van der Waals surface area contributed by atoms with Crippen LogP contribution in [0, 0.1) is 0 Å². The fourth-order valence-corrected chi connectivity index (χ4v) is 2.68. The first-order valence-electron chi connectivity index (χ1n) is 5.93. The summed E-state index contributed by atoms with van der Waals surface area (Å²) < 4.78 is 4.04. The largest absolute Gasteiger partial charge is 0.271 e. The maximum Gasteiger partial charge on any atom is 0.176 e. The van der Waals surface area contributed by atoms with Crippen LogP contribution in [-0.4, -0.2) is 29.8 Å². The van der Waals surface area contributed by atoms with E-state index in [0.717, 1.165) is 10.6 Å². The highest BCUT2D eigenvalue weighted by molar-refractivity contribution is 7.05. The Hall–Kier alpha value is -1.45. The Balaban J connectivity index is 2.25. The Labute approximate surface area is 115 Å². The number of nitrogens with zero attached hydrogens (tertiary/aromatic N) is 6. The molecule has 1 unspecified atom stereocenters. The second-order valence-electron chi connectivity index (χ2n) is 5.35. The first-order chi connectivity index (χ1) is 8.91. The average Bonchev–Trinajstić information content (AvgIpc) is 2.93. The van der Waals surface area contributed by atoms with Crippen LogP contribution in [0.3, 0.4) is 0 Å². The van der Waals surface area contributed by atoms with E-state index in [9.17, 15) is 0 Å². The minimum Gasteiger partial charge on any atom is -0.271 e. The third-order valence-electron chi connectivity index (χ3n) is 2.68. The van der Waals surface area contributed by atoms with Gasteiger partial charge in [0.25, 0.3) is 0 Å². The predicted molar refractivity (Wildman–Crippen MR) is 71.2 cm³/mol. The molecule has 0 aliphatic rings. The van der Waals surface area contributed by atoms with Crippen molar-refractivity contribution in [2.24, 2.45) is 12.9 Å². The van der Waals surface area contributed by atoms with E-state index in [4.69, 9.17) is 5.84 Å². The van der Waals surface area contributed by atoms with Gasteiger partial charge in [-0.15, -0.1) is 15.3 Å². The average molecular weight is 282 g/mol. The molecule has 0 saturated heterocycles. The van der Waals surface area contributed by atoms with Crippen molar-refractivity contribution in [2.75, 3.05) is 0 Å². The first kappa shape index (κ1) is 14.0. The van der Waals surface area contributed by atoms with E-state index in [2.05, 4.69) is 51.2 Å². The summed E-state index contributed by atoms with van der Waals surface area (Å²) in [5.41, 5.74) is 3.66. The molecule has 0 fully saturated rings. The highest BCUT2D eigenvalue weighted by atomic mass is 32.1. The van der Waals surface area contributed by atoms with E-state index in [1.165, 1.54) is 16.3 Å². The maximum absolute atomic E-state index is 5.65. The first-order valence-corrected chi connectivity index (χ1v) is 6.71. The van der Waals surface area contributed by atoms with Crippen molar-refractivity contribution in [3.63, 3.8) is 0 Å². The Morgan fingerprint density at radius 1 is 1.37 bits per heavy atom. The Bertz CT molecular complexity index is 540. The van der Waals surface area contributed by atoms with Crippen molar-refractivity contribution >= 4 is 11.5 Å². The van der Waals surface area contributed by atoms with Gasteiger partial charge in [-0.2, -0.15) is 4.80 Å². The fourth-order valence-electron chi connectivity index (χ4n) is 1.76.